The number of halogens is 2. The van der Waals surface area contributed by atoms with Crippen molar-refractivity contribution in [1.82, 2.24) is 0 Å². The predicted molar refractivity (Wildman–Crippen MR) is 111 cm³/mol. The summed E-state index contributed by atoms with van der Waals surface area (Å²) < 4.78 is 6.14. The molecule has 0 radical (unpaired) electrons. The van der Waals surface area contributed by atoms with Crippen LogP contribution in [0.5, 0.6) is 17.2 Å². The monoisotopic (exact) mass is 616 g/mol. The van der Waals surface area contributed by atoms with Gasteiger partial charge < -0.3 is 20.1 Å². The molecular weight excluding hydrogens is 606 g/mol. The van der Waals surface area contributed by atoms with E-state index in [9.17, 15) is 35.2 Å². The number of aliphatic hydroxyl groups excluding tert-OH is 1. The van der Waals surface area contributed by atoms with Crippen molar-refractivity contribution in [2.45, 2.75) is 12.5 Å². The van der Waals surface area contributed by atoms with Gasteiger partial charge in [-0.15, -0.1) is 0 Å². The largest absolute Gasteiger partial charge is 0.506 e. The highest BCUT2D eigenvalue weighted by molar-refractivity contribution is 14.1. The first-order valence-electron chi connectivity index (χ1n) is 7.23. The number of nitro groups is 2. The van der Waals surface area contributed by atoms with Crippen LogP contribution in [0.15, 0.2) is 24.3 Å². The zero-order valence-electron chi connectivity index (χ0n) is 13.5. The number of nitro benzene ring substituents is 2. The first kappa shape index (κ1) is 22.0. The minimum atomic E-state index is -1.88. The smallest absolute Gasteiger partial charge is 0.332 e. The fourth-order valence-corrected chi connectivity index (χ4v) is 3.89. The number of phenols is 1. The molecule has 11 nitrogen and oxygen atoms in total. The third-order valence-electron chi connectivity index (χ3n) is 3.43. The Hall–Kier alpha value is -2.27. The summed E-state index contributed by atoms with van der Waals surface area (Å²) in [7, 11) is 0. The summed E-state index contributed by atoms with van der Waals surface area (Å²) in [5.41, 5.74) is -1.64. The van der Waals surface area contributed by atoms with Gasteiger partial charge in [0.15, 0.2) is 6.10 Å². The van der Waals surface area contributed by atoms with Gasteiger partial charge in [0, 0.05) is 18.6 Å². The molecule has 0 aromatic heterocycles. The van der Waals surface area contributed by atoms with Crippen molar-refractivity contribution in [3.05, 3.63) is 57.2 Å². The average Bonchev–Trinajstić information content (AvgIpc) is 2.59. The number of aliphatic carboxylic acids is 1. The Morgan fingerprint density at radius 2 is 1.54 bits per heavy atom. The molecule has 2 aromatic rings. The number of aliphatic hydroxyl groups is 1. The SMILES string of the molecule is O=C(O)C(O)Cc1cc([N+](=O)[O-])c(Oc2cc(I)c(O)c(I)c2)c([N+](=O)[O-])c1. The lowest BCUT2D eigenvalue weighted by Gasteiger charge is -2.11. The minimum Gasteiger partial charge on any atom is -0.506 e. The number of benzene rings is 2. The Morgan fingerprint density at radius 3 is 1.93 bits per heavy atom. The molecule has 0 saturated heterocycles. The third kappa shape index (κ3) is 4.96. The van der Waals surface area contributed by atoms with Gasteiger partial charge in [-0.1, -0.05) is 0 Å². The fourth-order valence-electron chi connectivity index (χ4n) is 2.18. The van der Waals surface area contributed by atoms with Crippen LogP contribution >= 0.6 is 45.2 Å². The standard InChI is InChI=1S/C15H10I2N2O9/c16-8-4-7(5-9(17)13(8)21)28-14-10(18(24)25)1-6(2-11(14)19(26)27)3-12(20)15(22)23/h1-2,4-5,12,20-21H,3H2,(H,22,23). The van der Waals surface area contributed by atoms with Crippen LogP contribution in [0.3, 0.4) is 0 Å². The summed E-state index contributed by atoms with van der Waals surface area (Å²) in [5.74, 6) is -2.23. The lowest BCUT2D eigenvalue weighted by molar-refractivity contribution is -0.395. The van der Waals surface area contributed by atoms with Gasteiger partial charge in [-0.25, -0.2) is 4.79 Å². The predicted octanol–water partition coefficient (Wildman–Crippen LogP) is 3.20. The zero-order chi connectivity index (χ0) is 21.2. The number of rotatable bonds is 7. The van der Waals surface area contributed by atoms with Crippen molar-refractivity contribution in [1.29, 1.82) is 0 Å². The van der Waals surface area contributed by atoms with Crippen molar-refractivity contribution >= 4 is 62.5 Å². The summed E-state index contributed by atoms with van der Waals surface area (Å²) >= 11 is 3.60. The molecule has 1 unspecified atom stereocenters. The number of carbonyl (C=O) groups is 1. The molecule has 0 fully saturated rings. The van der Waals surface area contributed by atoms with Crippen molar-refractivity contribution < 1.29 is 34.7 Å². The third-order valence-corrected chi connectivity index (χ3v) is 5.07. The first-order valence-corrected chi connectivity index (χ1v) is 9.39. The second kappa shape index (κ2) is 8.82. The molecule has 0 aliphatic rings. The van der Waals surface area contributed by atoms with Crippen LogP contribution in [0.1, 0.15) is 5.56 Å². The van der Waals surface area contributed by atoms with Crippen LogP contribution < -0.4 is 4.74 Å². The number of hydrogen-bond acceptors (Lipinski definition) is 8. The van der Waals surface area contributed by atoms with Crippen LogP contribution in [-0.4, -0.2) is 37.2 Å². The van der Waals surface area contributed by atoms with Crippen LogP contribution in [0.4, 0.5) is 11.4 Å². The number of hydrogen-bond donors (Lipinski definition) is 3. The van der Waals surface area contributed by atoms with E-state index in [0.29, 0.717) is 7.14 Å². The van der Waals surface area contributed by atoms with Gasteiger partial charge in [-0.05, 0) is 62.9 Å². The fraction of sp³-hybridized carbons (Fsp3) is 0.133. The highest BCUT2D eigenvalue weighted by Crippen LogP contribution is 2.42. The molecule has 3 N–H and O–H groups in total. The molecule has 0 amide bonds. The lowest BCUT2D eigenvalue weighted by Crippen LogP contribution is -2.22. The van der Waals surface area contributed by atoms with Crippen molar-refractivity contribution in [2.75, 3.05) is 0 Å². The highest BCUT2D eigenvalue weighted by atomic mass is 127. The van der Waals surface area contributed by atoms with E-state index in [1.54, 1.807) is 45.2 Å². The molecule has 13 heteroatoms. The van der Waals surface area contributed by atoms with Crippen LogP contribution in [0.25, 0.3) is 0 Å². The summed E-state index contributed by atoms with van der Waals surface area (Å²) in [6.07, 6.45) is -2.45. The van der Waals surface area contributed by atoms with Gasteiger partial charge >= 0.3 is 17.3 Å². The molecule has 148 valence electrons. The topological polar surface area (TPSA) is 173 Å². The highest BCUT2D eigenvalue weighted by Gasteiger charge is 2.30. The molecule has 0 heterocycles. The molecule has 0 bridgehead atoms. The molecule has 28 heavy (non-hydrogen) atoms. The first-order chi connectivity index (χ1) is 13.0. The summed E-state index contributed by atoms with van der Waals surface area (Å²) in [6.45, 7) is 0. The molecular formula is C15H10I2N2O9. The molecule has 0 aliphatic heterocycles. The Balaban J connectivity index is 2.60. The van der Waals surface area contributed by atoms with Gasteiger partial charge in [0.2, 0.25) is 0 Å². The van der Waals surface area contributed by atoms with Crippen molar-refractivity contribution in [3.63, 3.8) is 0 Å². The Kier molecular flexibility index (Phi) is 6.94. The molecule has 0 saturated carbocycles. The van der Waals surface area contributed by atoms with Gasteiger partial charge in [0.25, 0.3) is 5.75 Å². The van der Waals surface area contributed by atoms with E-state index in [1.807, 2.05) is 0 Å². The average molecular weight is 616 g/mol. The Labute approximate surface area is 183 Å². The molecule has 2 aromatic carbocycles. The molecule has 1 atom stereocenters. The Bertz CT molecular complexity index is 922. The van der Waals surface area contributed by atoms with E-state index in [2.05, 4.69) is 0 Å². The van der Waals surface area contributed by atoms with Gasteiger partial charge in [-0.3, -0.25) is 20.2 Å². The lowest BCUT2D eigenvalue weighted by atomic mass is 10.1. The van der Waals surface area contributed by atoms with E-state index in [0.717, 1.165) is 12.1 Å². The molecule has 2 rings (SSSR count). The number of carboxylic acid groups (broad SMARTS) is 1. The van der Waals surface area contributed by atoms with E-state index < -0.39 is 45.5 Å². The molecule has 0 aliphatic carbocycles. The Morgan fingerprint density at radius 1 is 1.07 bits per heavy atom. The second-order valence-corrected chi connectivity index (χ2v) is 7.70. The van der Waals surface area contributed by atoms with Crippen molar-refractivity contribution in [2.24, 2.45) is 0 Å². The van der Waals surface area contributed by atoms with E-state index in [1.165, 1.54) is 12.1 Å². The van der Waals surface area contributed by atoms with Crippen LogP contribution in [0, 0.1) is 27.4 Å². The van der Waals surface area contributed by atoms with Gasteiger partial charge in [-0.2, -0.15) is 0 Å². The van der Waals surface area contributed by atoms with Crippen LogP contribution in [0.2, 0.25) is 0 Å². The number of nitrogens with zero attached hydrogens (tertiary/aromatic N) is 2. The zero-order valence-corrected chi connectivity index (χ0v) is 17.9. The number of carboxylic acids is 1. The maximum Gasteiger partial charge on any atom is 0.332 e. The van der Waals surface area contributed by atoms with Crippen molar-refractivity contribution in [3.8, 4) is 17.2 Å². The van der Waals surface area contributed by atoms with E-state index >= 15 is 0 Å². The normalized spacial score (nSPS) is 11.7. The summed E-state index contributed by atoms with van der Waals surface area (Å²) in [4.78, 5) is 31.8. The number of aromatic hydroxyl groups is 1. The van der Waals surface area contributed by atoms with E-state index in [-0.39, 0.29) is 17.1 Å². The second-order valence-electron chi connectivity index (χ2n) is 5.37. The maximum atomic E-state index is 11.4. The quantitative estimate of drug-likeness (QED) is 0.240. The van der Waals surface area contributed by atoms with Crippen LogP contribution in [-0.2, 0) is 11.2 Å². The number of phenolic OH excluding ortho intramolecular Hbond substituents is 1. The number of ether oxygens (including phenoxy) is 1. The molecule has 0 spiro atoms. The maximum absolute atomic E-state index is 11.4. The van der Waals surface area contributed by atoms with Gasteiger partial charge in [0.1, 0.15) is 11.5 Å². The summed E-state index contributed by atoms with van der Waals surface area (Å²) in [5, 5.41) is 50.8. The van der Waals surface area contributed by atoms with Gasteiger partial charge in [0.05, 0.1) is 17.0 Å². The van der Waals surface area contributed by atoms with E-state index in [4.69, 9.17) is 9.84 Å². The minimum absolute atomic E-state index is 0.0242. The summed E-state index contributed by atoms with van der Waals surface area (Å²) in [6, 6.07) is 4.50.